The Balaban J connectivity index is 2.52. The van der Waals surface area contributed by atoms with E-state index in [1.165, 1.54) is 15.8 Å². The van der Waals surface area contributed by atoms with Gasteiger partial charge in [-0.15, -0.1) is 11.8 Å². The van der Waals surface area contributed by atoms with E-state index in [1.807, 2.05) is 32.5 Å². The van der Waals surface area contributed by atoms with Crippen molar-refractivity contribution >= 4 is 28.6 Å². The van der Waals surface area contributed by atoms with Gasteiger partial charge in [0.2, 0.25) is 0 Å². The number of esters is 1. The van der Waals surface area contributed by atoms with Crippen LogP contribution in [0.4, 0.5) is 0 Å². The second-order valence-electron chi connectivity index (χ2n) is 8.89. The van der Waals surface area contributed by atoms with Crippen molar-refractivity contribution in [1.29, 1.82) is 0 Å². The van der Waals surface area contributed by atoms with Crippen LogP contribution in [0.15, 0.2) is 23.1 Å². The molecular formula is C22H33NO2S. The first-order chi connectivity index (χ1) is 11.9. The average molecular weight is 376 g/mol. The molecule has 2 aromatic rings. The summed E-state index contributed by atoms with van der Waals surface area (Å²) < 4.78 is 5.38. The molecule has 2 rings (SSSR count). The predicted molar refractivity (Wildman–Crippen MR) is 112 cm³/mol. The van der Waals surface area contributed by atoms with Gasteiger partial charge in [0.05, 0.1) is 12.0 Å². The Bertz CT molecular complexity index is 781. The number of hydrogen-bond donors (Lipinski definition) is 1. The van der Waals surface area contributed by atoms with E-state index in [-0.39, 0.29) is 10.7 Å². The molecular weight excluding hydrogens is 342 g/mol. The molecule has 26 heavy (non-hydrogen) atoms. The molecule has 0 saturated carbocycles. The molecule has 0 fully saturated rings. The van der Waals surface area contributed by atoms with E-state index in [4.69, 9.17) is 4.74 Å². The Labute approximate surface area is 162 Å². The summed E-state index contributed by atoms with van der Waals surface area (Å²) in [5, 5.41) is 1.24. The van der Waals surface area contributed by atoms with Crippen LogP contribution in [-0.2, 0) is 16.0 Å². The molecule has 1 aromatic carbocycles. The number of H-pyrrole nitrogens is 1. The number of hydrogen-bond acceptors (Lipinski definition) is 3. The van der Waals surface area contributed by atoms with Crippen molar-refractivity contribution in [2.45, 2.75) is 77.4 Å². The van der Waals surface area contributed by atoms with Gasteiger partial charge < -0.3 is 9.72 Å². The molecule has 4 heteroatoms. The van der Waals surface area contributed by atoms with E-state index in [2.05, 4.69) is 57.8 Å². The molecule has 0 bridgehead atoms. The lowest BCUT2D eigenvalue weighted by Gasteiger charge is -2.24. The second-order valence-corrected chi connectivity index (χ2v) is 10.7. The van der Waals surface area contributed by atoms with Crippen LogP contribution >= 0.6 is 11.8 Å². The number of fused-ring (bicyclic) bond motifs is 1. The third-order valence-electron chi connectivity index (χ3n) is 4.37. The molecule has 0 aliphatic carbocycles. The standard InChI is InChI=1S/C22H33NO2S/c1-9-25-20(24)22(7,8)13-18-19(26-21(4,5)6)16-11-10-15(14(2)3)12-17(16)23-18/h10-12,14,23H,9,13H2,1-8H3. The summed E-state index contributed by atoms with van der Waals surface area (Å²) in [7, 11) is 0. The third-order valence-corrected chi connectivity index (χ3v) is 5.65. The first-order valence-electron chi connectivity index (χ1n) is 9.45. The molecule has 0 radical (unpaired) electrons. The van der Waals surface area contributed by atoms with Gasteiger partial charge in [-0.05, 0) is 38.3 Å². The van der Waals surface area contributed by atoms with Crippen LogP contribution in [0.25, 0.3) is 10.9 Å². The fraction of sp³-hybridized carbons (Fsp3) is 0.591. The largest absolute Gasteiger partial charge is 0.466 e. The Morgan fingerprint density at radius 2 is 1.85 bits per heavy atom. The van der Waals surface area contributed by atoms with Crippen molar-refractivity contribution in [2.24, 2.45) is 5.41 Å². The van der Waals surface area contributed by atoms with Gasteiger partial charge in [-0.3, -0.25) is 4.79 Å². The van der Waals surface area contributed by atoms with Crippen LogP contribution < -0.4 is 0 Å². The van der Waals surface area contributed by atoms with Gasteiger partial charge in [-0.2, -0.15) is 0 Å². The first kappa shape index (κ1) is 20.9. The summed E-state index contributed by atoms with van der Waals surface area (Å²) in [6.07, 6.45) is 0.635. The Morgan fingerprint density at radius 1 is 1.19 bits per heavy atom. The fourth-order valence-corrected chi connectivity index (χ4v) is 4.14. The van der Waals surface area contributed by atoms with Crippen LogP contribution in [0.1, 0.15) is 72.6 Å². The van der Waals surface area contributed by atoms with Gasteiger partial charge in [-0.1, -0.05) is 46.8 Å². The van der Waals surface area contributed by atoms with Gasteiger partial charge in [0, 0.05) is 32.7 Å². The Morgan fingerprint density at radius 3 is 2.38 bits per heavy atom. The lowest BCUT2D eigenvalue weighted by molar-refractivity contribution is -0.153. The van der Waals surface area contributed by atoms with Crippen LogP contribution in [0.5, 0.6) is 0 Å². The summed E-state index contributed by atoms with van der Waals surface area (Å²) in [4.78, 5) is 17.2. The SMILES string of the molecule is CCOC(=O)C(C)(C)Cc1[nH]c2cc(C(C)C)ccc2c1SC(C)(C)C. The zero-order valence-electron chi connectivity index (χ0n) is 17.4. The minimum atomic E-state index is -0.565. The van der Waals surface area contributed by atoms with Crippen LogP contribution in [0, 0.1) is 5.41 Å². The maximum Gasteiger partial charge on any atom is 0.311 e. The van der Waals surface area contributed by atoms with Crippen molar-refractivity contribution in [3.8, 4) is 0 Å². The van der Waals surface area contributed by atoms with Crippen molar-refractivity contribution in [3.05, 3.63) is 29.5 Å². The number of aromatic nitrogens is 1. The lowest BCUT2D eigenvalue weighted by Crippen LogP contribution is -2.29. The number of rotatable bonds is 6. The fourth-order valence-electron chi connectivity index (χ4n) is 2.99. The van der Waals surface area contributed by atoms with Gasteiger partial charge in [-0.25, -0.2) is 0 Å². The van der Waals surface area contributed by atoms with Gasteiger partial charge in [0.15, 0.2) is 0 Å². The monoisotopic (exact) mass is 375 g/mol. The van der Waals surface area contributed by atoms with Crippen LogP contribution in [0.3, 0.4) is 0 Å². The van der Waals surface area contributed by atoms with E-state index in [9.17, 15) is 4.79 Å². The molecule has 1 N–H and O–H groups in total. The molecule has 0 spiro atoms. The van der Waals surface area contributed by atoms with E-state index in [1.54, 1.807) is 0 Å². The molecule has 0 aliphatic rings. The number of nitrogens with one attached hydrogen (secondary N) is 1. The normalized spacial score (nSPS) is 12.8. The molecule has 0 aliphatic heterocycles. The topological polar surface area (TPSA) is 42.1 Å². The maximum absolute atomic E-state index is 12.4. The summed E-state index contributed by atoms with van der Waals surface area (Å²) in [5.41, 5.74) is 3.03. The highest BCUT2D eigenvalue weighted by molar-refractivity contribution is 8.00. The van der Waals surface area contributed by atoms with E-state index < -0.39 is 5.41 Å². The van der Waals surface area contributed by atoms with Crippen molar-refractivity contribution < 1.29 is 9.53 Å². The number of thioether (sulfide) groups is 1. The molecule has 0 unspecified atom stereocenters. The zero-order chi connectivity index (χ0) is 19.7. The van der Waals surface area contributed by atoms with Crippen LogP contribution in [-0.4, -0.2) is 22.3 Å². The minimum absolute atomic E-state index is 0.0919. The number of benzene rings is 1. The molecule has 3 nitrogen and oxygen atoms in total. The first-order valence-corrected chi connectivity index (χ1v) is 10.3. The maximum atomic E-state index is 12.4. The predicted octanol–water partition coefficient (Wildman–Crippen LogP) is 6.31. The van der Waals surface area contributed by atoms with E-state index in [0.29, 0.717) is 18.9 Å². The quantitative estimate of drug-likeness (QED) is 0.475. The summed E-state index contributed by atoms with van der Waals surface area (Å²) in [6.45, 7) is 17.3. The van der Waals surface area contributed by atoms with Gasteiger partial charge >= 0.3 is 5.97 Å². The number of carbonyl (C=O) groups is 1. The van der Waals surface area contributed by atoms with E-state index >= 15 is 0 Å². The number of carbonyl (C=O) groups excluding carboxylic acids is 1. The van der Waals surface area contributed by atoms with Crippen molar-refractivity contribution in [2.75, 3.05) is 6.61 Å². The van der Waals surface area contributed by atoms with Gasteiger partial charge in [0.25, 0.3) is 0 Å². The van der Waals surface area contributed by atoms with Crippen LogP contribution in [0.2, 0.25) is 0 Å². The molecule has 0 amide bonds. The molecule has 1 heterocycles. The highest BCUT2D eigenvalue weighted by Crippen LogP contribution is 2.42. The number of aromatic amines is 1. The average Bonchev–Trinajstić information content (AvgIpc) is 2.82. The summed E-state index contributed by atoms with van der Waals surface area (Å²) in [5.74, 6) is 0.342. The van der Waals surface area contributed by atoms with Gasteiger partial charge in [0.1, 0.15) is 0 Å². The highest BCUT2D eigenvalue weighted by Gasteiger charge is 2.32. The van der Waals surface area contributed by atoms with Crippen molar-refractivity contribution in [1.82, 2.24) is 4.98 Å². The number of ether oxygens (including phenoxy) is 1. The Hall–Kier alpha value is -1.42. The summed E-state index contributed by atoms with van der Waals surface area (Å²) >= 11 is 1.86. The summed E-state index contributed by atoms with van der Waals surface area (Å²) in [6, 6.07) is 6.68. The molecule has 0 saturated heterocycles. The lowest BCUT2D eigenvalue weighted by atomic mass is 9.88. The van der Waals surface area contributed by atoms with E-state index in [0.717, 1.165) is 11.2 Å². The smallest absolute Gasteiger partial charge is 0.311 e. The molecule has 0 atom stereocenters. The minimum Gasteiger partial charge on any atom is -0.466 e. The molecule has 1 aromatic heterocycles. The highest BCUT2D eigenvalue weighted by atomic mass is 32.2. The van der Waals surface area contributed by atoms with Crippen molar-refractivity contribution in [3.63, 3.8) is 0 Å². The third kappa shape index (κ3) is 4.85. The Kier molecular flexibility index (Phi) is 6.17. The second kappa shape index (κ2) is 7.67. The molecule has 144 valence electrons. The zero-order valence-corrected chi connectivity index (χ0v) is 18.3.